The molecule has 1 aliphatic carbocycles. The maximum atomic E-state index is 9.92. The predicted molar refractivity (Wildman–Crippen MR) is 69.6 cm³/mol. The van der Waals surface area contributed by atoms with E-state index in [4.69, 9.17) is 9.84 Å². The smallest absolute Gasteiger partial charge is 0.132 e. The molecule has 0 aromatic rings. The van der Waals surface area contributed by atoms with Gasteiger partial charge in [-0.25, -0.2) is 0 Å². The maximum Gasteiger partial charge on any atom is 0.132 e. The summed E-state index contributed by atoms with van der Waals surface area (Å²) in [6.07, 6.45) is -1.63. The van der Waals surface area contributed by atoms with Gasteiger partial charge in [-0.05, 0) is 12.8 Å². The first kappa shape index (κ1) is 15.5. The molecule has 1 saturated carbocycles. The zero-order valence-electron chi connectivity index (χ0n) is 10.6. The molecule has 6 nitrogen and oxygen atoms in total. The Balaban J connectivity index is 1.98. The van der Waals surface area contributed by atoms with Crippen LogP contribution < -0.4 is 0 Å². The van der Waals surface area contributed by atoms with Crippen LogP contribution in [0.2, 0.25) is 0 Å². The normalized spacial score (nSPS) is 48.2. The van der Waals surface area contributed by atoms with Crippen molar-refractivity contribution in [2.45, 2.75) is 66.9 Å². The molecule has 1 saturated heterocycles. The van der Waals surface area contributed by atoms with Gasteiger partial charge in [0.1, 0.15) is 29.9 Å². The third-order valence-electron chi connectivity index (χ3n) is 3.83. The highest BCUT2D eigenvalue weighted by Gasteiger charge is 2.45. The van der Waals surface area contributed by atoms with Crippen LogP contribution >= 0.6 is 11.8 Å². The van der Waals surface area contributed by atoms with Crippen LogP contribution in [0, 0.1) is 0 Å². The highest BCUT2D eigenvalue weighted by atomic mass is 32.2. The molecule has 7 atom stereocenters. The van der Waals surface area contributed by atoms with Gasteiger partial charge in [0.15, 0.2) is 0 Å². The van der Waals surface area contributed by atoms with Gasteiger partial charge in [0.25, 0.3) is 0 Å². The predicted octanol–water partition coefficient (Wildman–Crippen LogP) is -1.18. The monoisotopic (exact) mass is 294 g/mol. The Bertz CT molecular complexity index is 289. The lowest BCUT2D eigenvalue weighted by molar-refractivity contribution is -0.205. The van der Waals surface area contributed by atoms with Crippen LogP contribution in [0.3, 0.4) is 0 Å². The summed E-state index contributed by atoms with van der Waals surface area (Å²) in [5, 5.41) is 48.3. The molecule has 0 radical (unpaired) electrons. The Morgan fingerprint density at radius 3 is 2.26 bits per heavy atom. The molecule has 7 heteroatoms. The minimum atomic E-state index is -1.34. The van der Waals surface area contributed by atoms with Gasteiger partial charge in [0, 0.05) is 5.25 Å². The fourth-order valence-corrected chi connectivity index (χ4v) is 4.08. The highest BCUT2D eigenvalue weighted by molar-refractivity contribution is 8.00. The zero-order valence-corrected chi connectivity index (χ0v) is 11.4. The van der Waals surface area contributed by atoms with E-state index < -0.39 is 42.6 Å². The number of aliphatic hydroxyl groups excluding tert-OH is 5. The highest BCUT2D eigenvalue weighted by Crippen LogP contribution is 2.36. The summed E-state index contributed by atoms with van der Waals surface area (Å²) >= 11 is 1.28. The summed E-state index contributed by atoms with van der Waals surface area (Å²) in [7, 11) is 0. The molecular formula is C12H22O6S. The van der Waals surface area contributed by atoms with Crippen LogP contribution in [0.1, 0.15) is 25.7 Å². The largest absolute Gasteiger partial charge is 0.394 e. The minimum absolute atomic E-state index is 0.0461. The lowest BCUT2D eigenvalue weighted by Gasteiger charge is -2.41. The number of rotatable bonds is 3. The van der Waals surface area contributed by atoms with Gasteiger partial charge in [-0.3, -0.25) is 0 Å². The van der Waals surface area contributed by atoms with E-state index in [9.17, 15) is 20.4 Å². The summed E-state index contributed by atoms with van der Waals surface area (Å²) in [5.41, 5.74) is -0.742. The molecule has 0 spiro atoms. The van der Waals surface area contributed by atoms with Crippen molar-refractivity contribution in [2.75, 3.05) is 6.61 Å². The Hall–Kier alpha value is 0.110. The molecule has 2 aliphatic rings. The second kappa shape index (κ2) is 6.71. The Kier molecular flexibility index (Phi) is 5.47. The molecule has 2 fully saturated rings. The first-order valence-electron chi connectivity index (χ1n) is 6.68. The molecule has 0 aromatic heterocycles. The first-order valence-corrected chi connectivity index (χ1v) is 7.63. The second-order valence-corrected chi connectivity index (χ2v) is 6.57. The molecule has 5 N–H and O–H groups in total. The standard InChI is InChI=1S/C12H22O6S/c13-5-7-9(15)10(16)11(17)12(18-7)19-8-4-2-1-3-6(8)14/h6-17H,1-5H2/t6?,7?,8?,9-,10?,11?,12-/m0/s1. The number of aliphatic hydroxyl groups is 5. The van der Waals surface area contributed by atoms with Crippen molar-refractivity contribution in [3.8, 4) is 0 Å². The van der Waals surface area contributed by atoms with Gasteiger partial charge in [0.05, 0.1) is 12.7 Å². The van der Waals surface area contributed by atoms with Gasteiger partial charge in [-0.1, -0.05) is 12.8 Å². The van der Waals surface area contributed by atoms with Gasteiger partial charge in [-0.15, -0.1) is 11.8 Å². The van der Waals surface area contributed by atoms with E-state index in [1.165, 1.54) is 11.8 Å². The van der Waals surface area contributed by atoms with Gasteiger partial charge in [0.2, 0.25) is 0 Å². The molecular weight excluding hydrogens is 272 g/mol. The molecule has 2 rings (SSSR count). The Labute approximate surface area is 116 Å². The van der Waals surface area contributed by atoms with Crippen LogP contribution in [0.15, 0.2) is 0 Å². The fourth-order valence-electron chi connectivity index (χ4n) is 2.59. The van der Waals surface area contributed by atoms with Crippen molar-refractivity contribution in [2.24, 2.45) is 0 Å². The van der Waals surface area contributed by atoms with Crippen LogP contribution in [-0.2, 0) is 4.74 Å². The van der Waals surface area contributed by atoms with Crippen molar-refractivity contribution in [1.82, 2.24) is 0 Å². The van der Waals surface area contributed by atoms with Crippen LogP contribution in [0.5, 0.6) is 0 Å². The van der Waals surface area contributed by atoms with Crippen molar-refractivity contribution in [3.05, 3.63) is 0 Å². The van der Waals surface area contributed by atoms with Gasteiger partial charge in [-0.2, -0.15) is 0 Å². The average molecular weight is 294 g/mol. The maximum absolute atomic E-state index is 9.92. The molecule has 112 valence electrons. The summed E-state index contributed by atoms with van der Waals surface area (Å²) in [4.78, 5) is 0. The lowest BCUT2D eigenvalue weighted by Crippen LogP contribution is -2.58. The quantitative estimate of drug-likeness (QED) is 0.446. The number of thioether (sulfide) groups is 1. The topological polar surface area (TPSA) is 110 Å². The van der Waals surface area contributed by atoms with E-state index in [1.807, 2.05) is 0 Å². The van der Waals surface area contributed by atoms with E-state index in [2.05, 4.69) is 0 Å². The van der Waals surface area contributed by atoms with E-state index in [0.29, 0.717) is 0 Å². The molecule has 1 aliphatic heterocycles. The van der Waals surface area contributed by atoms with Crippen LogP contribution in [0.4, 0.5) is 0 Å². The van der Waals surface area contributed by atoms with Crippen LogP contribution in [-0.4, -0.2) is 73.3 Å². The Morgan fingerprint density at radius 2 is 1.63 bits per heavy atom. The third kappa shape index (κ3) is 3.41. The van der Waals surface area contributed by atoms with E-state index in [1.54, 1.807) is 0 Å². The van der Waals surface area contributed by atoms with Crippen molar-refractivity contribution < 1.29 is 30.3 Å². The van der Waals surface area contributed by atoms with E-state index in [0.717, 1.165) is 25.7 Å². The van der Waals surface area contributed by atoms with Crippen molar-refractivity contribution in [3.63, 3.8) is 0 Å². The number of hydrogen-bond acceptors (Lipinski definition) is 7. The molecule has 0 aromatic carbocycles. The average Bonchev–Trinajstić information content (AvgIpc) is 2.41. The summed E-state index contributed by atoms with van der Waals surface area (Å²) < 4.78 is 5.42. The van der Waals surface area contributed by atoms with Gasteiger partial charge < -0.3 is 30.3 Å². The molecule has 0 amide bonds. The van der Waals surface area contributed by atoms with E-state index >= 15 is 0 Å². The van der Waals surface area contributed by atoms with Crippen molar-refractivity contribution in [1.29, 1.82) is 0 Å². The van der Waals surface area contributed by atoms with Crippen LogP contribution in [0.25, 0.3) is 0 Å². The summed E-state index contributed by atoms with van der Waals surface area (Å²) in [6.45, 7) is -0.421. The molecule has 19 heavy (non-hydrogen) atoms. The third-order valence-corrected chi connectivity index (χ3v) is 5.38. The van der Waals surface area contributed by atoms with Gasteiger partial charge >= 0.3 is 0 Å². The molecule has 0 bridgehead atoms. The van der Waals surface area contributed by atoms with E-state index in [-0.39, 0.29) is 5.25 Å². The van der Waals surface area contributed by atoms with Crippen molar-refractivity contribution >= 4 is 11.8 Å². The number of hydrogen-bond donors (Lipinski definition) is 5. The molecule has 1 heterocycles. The Morgan fingerprint density at radius 1 is 0.947 bits per heavy atom. The SMILES string of the molecule is OCC1O[C@@H](SC2CCCCC2O)C(O)C(O)[C@H]1O. The molecule has 5 unspecified atom stereocenters. The summed E-state index contributed by atoms with van der Waals surface area (Å²) in [5.74, 6) is 0. The first-order chi connectivity index (χ1) is 9.04. The number of ether oxygens (including phenoxy) is 1. The second-order valence-electron chi connectivity index (χ2n) is 5.22. The fraction of sp³-hybridized carbons (Fsp3) is 1.00. The summed E-state index contributed by atoms with van der Waals surface area (Å²) in [6, 6.07) is 0. The minimum Gasteiger partial charge on any atom is -0.394 e. The zero-order chi connectivity index (χ0) is 14.0. The lowest BCUT2D eigenvalue weighted by atomic mass is 9.97.